The number of hydrogen-bond donors (Lipinski definition) is 0. The van der Waals surface area contributed by atoms with E-state index in [0.717, 1.165) is 35.7 Å². The van der Waals surface area contributed by atoms with Gasteiger partial charge in [0.2, 0.25) is 0 Å². The van der Waals surface area contributed by atoms with Crippen LogP contribution in [-0.2, 0) is 23.7 Å². The molecule has 0 aliphatic carbocycles. The molecule has 0 spiro atoms. The Balaban J connectivity index is 1.86. The van der Waals surface area contributed by atoms with Crippen molar-refractivity contribution in [2.24, 2.45) is 0 Å². The molecule has 0 radical (unpaired) electrons. The van der Waals surface area contributed by atoms with E-state index in [0.29, 0.717) is 0 Å². The van der Waals surface area contributed by atoms with Crippen molar-refractivity contribution in [3.63, 3.8) is 0 Å². The van der Waals surface area contributed by atoms with Gasteiger partial charge in [-0.1, -0.05) is 104 Å². The Hall–Kier alpha value is -3.20. The Kier molecular flexibility index (Phi) is 6.73. The highest BCUT2D eigenvalue weighted by Gasteiger charge is 2.26. The van der Waals surface area contributed by atoms with Gasteiger partial charge in [-0.2, -0.15) is 0 Å². The van der Waals surface area contributed by atoms with Crippen LogP contribution >= 0.6 is 0 Å². The van der Waals surface area contributed by atoms with Crippen molar-refractivity contribution in [3.05, 3.63) is 89.2 Å². The van der Waals surface area contributed by atoms with Crippen molar-refractivity contribution in [2.75, 3.05) is 0 Å². The van der Waals surface area contributed by atoms with Gasteiger partial charge in [-0.15, -0.1) is 10.2 Å². The first kappa shape index (κ1) is 24.9. The molecule has 0 unspecified atom stereocenters. The van der Waals surface area contributed by atoms with Gasteiger partial charge < -0.3 is 0 Å². The predicted octanol–water partition coefficient (Wildman–Crippen LogP) is 8.32. The normalized spacial score (nSPS) is 12.2. The van der Waals surface area contributed by atoms with E-state index >= 15 is 0 Å². The Labute approximate surface area is 211 Å². The predicted molar refractivity (Wildman–Crippen MR) is 148 cm³/mol. The third-order valence-corrected chi connectivity index (χ3v) is 6.71. The van der Waals surface area contributed by atoms with Crippen molar-refractivity contribution >= 4 is 0 Å². The van der Waals surface area contributed by atoms with Crippen LogP contribution in [0, 0.1) is 0 Å². The highest BCUT2D eigenvalue weighted by molar-refractivity contribution is 5.69. The first-order valence-corrected chi connectivity index (χ1v) is 12.8. The van der Waals surface area contributed by atoms with Crippen LogP contribution in [0.2, 0.25) is 0 Å². The maximum Gasteiger partial charge on any atom is 0.168 e. The summed E-state index contributed by atoms with van der Waals surface area (Å²) in [7, 11) is 0. The monoisotopic (exact) mass is 465 g/mol. The molecular formula is C32H39N3. The van der Waals surface area contributed by atoms with Crippen LogP contribution in [0.4, 0.5) is 0 Å². The number of aromatic nitrogens is 3. The van der Waals surface area contributed by atoms with E-state index in [2.05, 4.69) is 127 Å². The van der Waals surface area contributed by atoms with Gasteiger partial charge in [0.15, 0.2) is 5.82 Å². The molecule has 3 nitrogen and oxygen atoms in total. The molecule has 35 heavy (non-hydrogen) atoms. The lowest BCUT2D eigenvalue weighted by Crippen LogP contribution is -2.19. The number of nitrogens with zero attached hydrogens (tertiary/aromatic N) is 3. The summed E-state index contributed by atoms with van der Waals surface area (Å²) in [5.74, 6) is 1.88. The fourth-order valence-electron chi connectivity index (χ4n) is 4.54. The summed E-state index contributed by atoms with van der Waals surface area (Å²) in [6.07, 6.45) is 1.93. The highest BCUT2D eigenvalue weighted by atomic mass is 15.3. The summed E-state index contributed by atoms with van der Waals surface area (Å²) in [4.78, 5) is 0. The van der Waals surface area contributed by atoms with Crippen LogP contribution in [0.15, 0.2) is 66.7 Å². The van der Waals surface area contributed by atoms with Gasteiger partial charge >= 0.3 is 0 Å². The highest BCUT2D eigenvalue weighted by Crippen LogP contribution is 2.34. The third kappa shape index (κ3) is 5.10. The molecule has 0 aliphatic rings. The van der Waals surface area contributed by atoms with Crippen LogP contribution in [0.5, 0.6) is 0 Å². The van der Waals surface area contributed by atoms with Crippen molar-refractivity contribution in [1.82, 2.24) is 14.8 Å². The van der Waals surface area contributed by atoms with E-state index in [1.807, 2.05) is 0 Å². The topological polar surface area (TPSA) is 30.7 Å². The van der Waals surface area contributed by atoms with Crippen LogP contribution in [0.3, 0.4) is 0 Å². The molecule has 3 aromatic carbocycles. The second kappa shape index (κ2) is 9.45. The van der Waals surface area contributed by atoms with Crippen molar-refractivity contribution in [2.45, 2.75) is 79.1 Å². The summed E-state index contributed by atoms with van der Waals surface area (Å²) >= 11 is 0. The van der Waals surface area contributed by atoms with Crippen molar-refractivity contribution in [1.29, 1.82) is 0 Å². The van der Waals surface area contributed by atoms with E-state index in [1.165, 1.54) is 27.8 Å². The maximum absolute atomic E-state index is 4.71. The third-order valence-electron chi connectivity index (χ3n) is 6.71. The maximum atomic E-state index is 4.71. The van der Waals surface area contributed by atoms with E-state index in [-0.39, 0.29) is 10.8 Å². The Bertz CT molecular complexity index is 1310. The molecule has 0 fully saturated rings. The average molecular weight is 466 g/mol. The molecular weight excluding hydrogens is 426 g/mol. The molecule has 1 heterocycles. The molecule has 0 saturated heterocycles. The van der Waals surface area contributed by atoms with Gasteiger partial charge in [-0.05, 0) is 64.3 Å². The van der Waals surface area contributed by atoms with E-state index in [9.17, 15) is 0 Å². The van der Waals surface area contributed by atoms with Gasteiger partial charge in [0.05, 0.1) is 5.69 Å². The second-order valence-corrected chi connectivity index (χ2v) is 11.5. The minimum absolute atomic E-state index is 0.139. The fraction of sp³-hybridized carbons (Fsp3) is 0.375. The molecule has 0 atom stereocenters. The second-order valence-electron chi connectivity index (χ2n) is 11.5. The zero-order valence-electron chi connectivity index (χ0n) is 22.6. The Morgan fingerprint density at radius 3 is 1.94 bits per heavy atom. The SMILES string of the molecule is CCc1cccc(-c2nnc(C(C)(C)C)n2-c2ccc(-c3ccc(C(C)(C)C)cc3)cc2CC)c1. The minimum atomic E-state index is -0.139. The minimum Gasteiger partial charge on any atom is -0.278 e. The smallest absolute Gasteiger partial charge is 0.168 e. The summed E-state index contributed by atoms with van der Waals surface area (Å²) in [6, 6.07) is 24.5. The van der Waals surface area contributed by atoms with E-state index in [1.54, 1.807) is 0 Å². The van der Waals surface area contributed by atoms with Gasteiger partial charge in [-0.3, -0.25) is 4.57 Å². The van der Waals surface area contributed by atoms with Gasteiger partial charge in [-0.25, -0.2) is 0 Å². The number of benzene rings is 3. The summed E-state index contributed by atoms with van der Waals surface area (Å²) < 4.78 is 2.28. The molecule has 0 bridgehead atoms. The largest absolute Gasteiger partial charge is 0.278 e. The summed E-state index contributed by atoms with van der Waals surface area (Å²) in [5, 5.41) is 9.40. The molecule has 3 heteroatoms. The number of rotatable bonds is 5. The zero-order chi connectivity index (χ0) is 25.4. The first-order valence-electron chi connectivity index (χ1n) is 12.8. The Morgan fingerprint density at radius 1 is 0.657 bits per heavy atom. The zero-order valence-corrected chi connectivity index (χ0v) is 22.6. The summed E-state index contributed by atoms with van der Waals surface area (Å²) in [5.41, 5.74) is 8.72. The molecule has 4 rings (SSSR count). The first-order chi connectivity index (χ1) is 16.5. The van der Waals surface area contributed by atoms with Gasteiger partial charge in [0.25, 0.3) is 0 Å². The van der Waals surface area contributed by atoms with Crippen LogP contribution < -0.4 is 0 Å². The van der Waals surface area contributed by atoms with Crippen LogP contribution in [-0.4, -0.2) is 14.8 Å². The number of aryl methyl sites for hydroxylation is 2. The number of hydrogen-bond acceptors (Lipinski definition) is 2. The summed E-state index contributed by atoms with van der Waals surface area (Å²) in [6.45, 7) is 17.8. The van der Waals surface area contributed by atoms with Crippen molar-refractivity contribution in [3.8, 4) is 28.2 Å². The van der Waals surface area contributed by atoms with Gasteiger partial charge in [0.1, 0.15) is 5.82 Å². The van der Waals surface area contributed by atoms with Crippen LogP contribution in [0.1, 0.15) is 77.9 Å². The molecule has 4 aromatic rings. The average Bonchev–Trinajstić information content (AvgIpc) is 3.29. The lowest BCUT2D eigenvalue weighted by Gasteiger charge is -2.22. The lowest BCUT2D eigenvalue weighted by atomic mass is 9.86. The van der Waals surface area contributed by atoms with E-state index in [4.69, 9.17) is 10.2 Å². The van der Waals surface area contributed by atoms with Gasteiger partial charge in [0, 0.05) is 11.0 Å². The standard InChI is InChI=1S/C32H39N3/c1-9-22-12-11-13-26(20-22)29-33-34-30(32(6,7)8)35(29)28-19-16-25(21-23(28)10-2)24-14-17-27(18-15-24)31(3,4)5/h11-21H,9-10H2,1-8H3. The molecule has 182 valence electrons. The lowest BCUT2D eigenvalue weighted by molar-refractivity contribution is 0.533. The molecule has 0 amide bonds. The Morgan fingerprint density at radius 2 is 1.34 bits per heavy atom. The molecule has 0 saturated carbocycles. The van der Waals surface area contributed by atoms with E-state index < -0.39 is 0 Å². The fourth-order valence-corrected chi connectivity index (χ4v) is 4.54. The van der Waals surface area contributed by atoms with Crippen molar-refractivity contribution < 1.29 is 0 Å². The quantitative estimate of drug-likeness (QED) is 0.297. The molecule has 0 aliphatic heterocycles. The molecule has 0 N–H and O–H groups in total. The molecule has 1 aromatic heterocycles. The van der Waals surface area contributed by atoms with Crippen LogP contribution in [0.25, 0.3) is 28.2 Å².